The van der Waals surface area contributed by atoms with Crippen LogP contribution in [-0.4, -0.2) is 12.0 Å². The number of anilines is 1. The van der Waals surface area contributed by atoms with Crippen molar-refractivity contribution in [3.05, 3.63) is 33.7 Å². The fourth-order valence-electron chi connectivity index (χ4n) is 1.30. The van der Waals surface area contributed by atoms with Gasteiger partial charge in [-0.1, -0.05) is 0 Å². The highest BCUT2D eigenvalue weighted by molar-refractivity contribution is 14.1. The van der Waals surface area contributed by atoms with E-state index >= 15 is 0 Å². The molecule has 0 aliphatic carbocycles. The molecule has 14 heavy (non-hydrogen) atoms. The molecule has 2 aromatic rings. The molecule has 0 saturated heterocycles. The van der Waals surface area contributed by atoms with Crippen molar-refractivity contribution in [2.45, 2.75) is 0 Å². The van der Waals surface area contributed by atoms with Gasteiger partial charge in [0.1, 0.15) is 11.6 Å². The molecular weight excluding hydrogens is 294 g/mol. The molecule has 2 nitrogen and oxygen atoms in total. The fourth-order valence-corrected chi connectivity index (χ4v) is 2.03. The van der Waals surface area contributed by atoms with Gasteiger partial charge in [-0.15, -0.1) is 0 Å². The normalized spacial score (nSPS) is 10.5. The summed E-state index contributed by atoms with van der Waals surface area (Å²) < 4.78 is 13.9. The van der Waals surface area contributed by atoms with E-state index in [4.69, 9.17) is 0 Å². The molecule has 1 aromatic heterocycles. The van der Waals surface area contributed by atoms with Crippen LogP contribution < -0.4 is 5.32 Å². The quantitative estimate of drug-likeness (QED) is 0.819. The fraction of sp³-hybridized carbons (Fsp3) is 0.100. The monoisotopic (exact) mass is 302 g/mol. The Morgan fingerprint density at radius 3 is 2.86 bits per heavy atom. The van der Waals surface area contributed by atoms with Crippen LogP contribution in [0.15, 0.2) is 24.3 Å². The van der Waals surface area contributed by atoms with Gasteiger partial charge in [-0.2, -0.15) is 0 Å². The number of rotatable bonds is 1. The lowest BCUT2D eigenvalue weighted by atomic mass is 10.2. The zero-order valence-electron chi connectivity index (χ0n) is 7.51. The molecule has 0 fully saturated rings. The summed E-state index contributed by atoms with van der Waals surface area (Å²) in [5.74, 6) is 0.572. The molecule has 2 rings (SSSR count). The first-order valence-electron chi connectivity index (χ1n) is 4.14. The van der Waals surface area contributed by atoms with Gasteiger partial charge >= 0.3 is 0 Å². The van der Waals surface area contributed by atoms with E-state index in [0.717, 1.165) is 20.3 Å². The van der Waals surface area contributed by atoms with E-state index in [1.807, 2.05) is 19.2 Å². The summed E-state index contributed by atoms with van der Waals surface area (Å²) in [5.41, 5.74) is 0.832. The Morgan fingerprint density at radius 1 is 1.36 bits per heavy atom. The molecule has 0 amide bonds. The Bertz CT molecular complexity index is 485. The molecule has 0 aliphatic heterocycles. The highest BCUT2D eigenvalue weighted by Gasteiger charge is 2.03. The Hall–Kier alpha value is -0.910. The molecule has 1 aromatic carbocycles. The number of hydrogen-bond donors (Lipinski definition) is 1. The van der Waals surface area contributed by atoms with Gasteiger partial charge in [0.05, 0.1) is 5.52 Å². The van der Waals surface area contributed by atoms with E-state index in [1.54, 1.807) is 0 Å². The van der Waals surface area contributed by atoms with Gasteiger partial charge in [-0.3, -0.25) is 0 Å². The average Bonchev–Trinajstić information content (AvgIpc) is 2.17. The number of aromatic nitrogens is 1. The first kappa shape index (κ1) is 9.64. The molecule has 1 heterocycles. The maximum Gasteiger partial charge on any atom is 0.126 e. The molecule has 0 atom stereocenters. The Morgan fingerprint density at radius 2 is 2.14 bits per heavy atom. The number of benzene rings is 1. The van der Waals surface area contributed by atoms with Crippen LogP contribution in [0.1, 0.15) is 0 Å². The summed E-state index contributed by atoms with van der Waals surface area (Å²) >= 11 is 2.09. The Kier molecular flexibility index (Phi) is 2.54. The van der Waals surface area contributed by atoms with E-state index in [0.29, 0.717) is 0 Å². The van der Waals surface area contributed by atoms with Gasteiger partial charge in [-0.25, -0.2) is 9.37 Å². The molecule has 0 spiro atoms. The minimum absolute atomic E-state index is 0.221. The second-order valence-corrected chi connectivity index (χ2v) is 4.07. The van der Waals surface area contributed by atoms with Gasteiger partial charge < -0.3 is 5.32 Å². The van der Waals surface area contributed by atoms with E-state index in [-0.39, 0.29) is 5.82 Å². The zero-order valence-corrected chi connectivity index (χ0v) is 9.67. The lowest BCUT2D eigenvalue weighted by Gasteiger charge is -2.03. The predicted octanol–water partition coefficient (Wildman–Crippen LogP) is 3.02. The van der Waals surface area contributed by atoms with Crippen molar-refractivity contribution in [3.8, 4) is 0 Å². The highest BCUT2D eigenvalue weighted by Crippen LogP contribution is 2.22. The van der Waals surface area contributed by atoms with Gasteiger partial charge in [0.2, 0.25) is 0 Å². The number of nitrogens with one attached hydrogen (secondary N) is 1. The summed E-state index contributed by atoms with van der Waals surface area (Å²) in [6, 6.07) is 6.66. The second-order valence-electron chi connectivity index (χ2n) is 2.91. The van der Waals surface area contributed by atoms with Crippen LogP contribution in [0, 0.1) is 9.39 Å². The minimum Gasteiger partial charge on any atom is -0.373 e. The molecule has 0 unspecified atom stereocenters. The number of halogens is 2. The van der Waals surface area contributed by atoms with Crippen LogP contribution in [0.5, 0.6) is 0 Å². The topological polar surface area (TPSA) is 24.9 Å². The Balaban J connectivity index is 2.75. The minimum atomic E-state index is -0.221. The maximum absolute atomic E-state index is 13.0. The summed E-state index contributed by atoms with van der Waals surface area (Å²) in [4.78, 5) is 4.35. The summed E-state index contributed by atoms with van der Waals surface area (Å²) in [6.45, 7) is 0. The lowest BCUT2D eigenvalue weighted by molar-refractivity contribution is 0.628. The van der Waals surface area contributed by atoms with Crippen LogP contribution in [0.3, 0.4) is 0 Å². The van der Waals surface area contributed by atoms with Crippen molar-refractivity contribution in [1.82, 2.24) is 4.98 Å². The third kappa shape index (κ3) is 1.66. The first-order valence-corrected chi connectivity index (χ1v) is 5.22. The van der Waals surface area contributed by atoms with Crippen molar-refractivity contribution in [2.75, 3.05) is 12.4 Å². The smallest absolute Gasteiger partial charge is 0.126 e. The largest absolute Gasteiger partial charge is 0.373 e. The van der Waals surface area contributed by atoms with Gasteiger partial charge in [0.15, 0.2) is 0 Å². The molecular formula is C10H8FIN2. The van der Waals surface area contributed by atoms with Crippen molar-refractivity contribution >= 4 is 39.3 Å². The first-order chi connectivity index (χ1) is 6.70. The molecule has 0 aliphatic rings. The van der Waals surface area contributed by atoms with Crippen LogP contribution in [0.4, 0.5) is 10.2 Å². The highest BCUT2D eigenvalue weighted by atomic mass is 127. The number of pyridine rings is 1. The van der Waals surface area contributed by atoms with E-state index < -0.39 is 0 Å². The molecule has 0 saturated carbocycles. The van der Waals surface area contributed by atoms with Crippen molar-refractivity contribution in [1.29, 1.82) is 0 Å². The predicted molar refractivity (Wildman–Crippen MR) is 64.0 cm³/mol. The van der Waals surface area contributed by atoms with Crippen LogP contribution in [-0.2, 0) is 0 Å². The number of hydrogen-bond acceptors (Lipinski definition) is 2. The van der Waals surface area contributed by atoms with Crippen molar-refractivity contribution in [2.24, 2.45) is 0 Å². The van der Waals surface area contributed by atoms with Gasteiger partial charge in [0, 0.05) is 16.0 Å². The number of fused-ring (bicyclic) bond motifs is 1. The van der Waals surface area contributed by atoms with Gasteiger partial charge in [0.25, 0.3) is 0 Å². The van der Waals surface area contributed by atoms with E-state index in [9.17, 15) is 4.39 Å². The third-order valence-electron chi connectivity index (χ3n) is 1.97. The standard InChI is InChI=1S/C10H8FIN2/c1-13-9-3-2-6-4-7(11)5-8(12)10(6)14-9/h2-5H,1H3,(H,13,14). The van der Waals surface area contributed by atoms with Crippen LogP contribution >= 0.6 is 22.6 Å². The molecule has 4 heteroatoms. The van der Waals surface area contributed by atoms with Crippen molar-refractivity contribution in [3.63, 3.8) is 0 Å². The SMILES string of the molecule is CNc1ccc2cc(F)cc(I)c2n1. The molecule has 0 radical (unpaired) electrons. The lowest BCUT2D eigenvalue weighted by Crippen LogP contribution is -1.93. The van der Waals surface area contributed by atoms with Crippen LogP contribution in [0.25, 0.3) is 10.9 Å². The zero-order chi connectivity index (χ0) is 10.1. The third-order valence-corrected chi connectivity index (χ3v) is 2.79. The molecule has 0 bridgehead atoms. The maximum atomic E-state index is 13.0. The van der Waals surface area contributed by atoms with E-state index in [1.165, 1.54) is 12.1 Å². The average molecular weight is 302 g/mol. The molecule has 1 N–H and O–H groups in total. The summed E-state index contributed by atoms with van der Waals surface area (Å²) in [6.07, 6.45) is 0. The summed E-state index contributed by atoms with van der Waals surface area (Å²) in [7, 11) is 1.81. The molecule has 72 valence electrons. The van der Waals surface area contributed by atoms with E-state index in [2.05, 4.69) is 32.9 Å². The van der Waals surface area contributed by atoms with Crippen molar-refractivity contribution < 1.29 is 4.39 Å². The number of nitrogens with zero attached hydrogens (tertiary/aromatic N) is 1. The van der Waals surface area contributed by atoms with Gasteiger partial charge in [-0.05, 0) is 46.9 Å². The second kappa shape index (κ2) is 3.68. The summed E-state index contributed by atoms with van der Waals surface area (Å²) in [5, 5.41) is 3.78. The Labute approximate surface area is 94.7 Å². The van der Waals surface area contributed by atoms with Crippen LogP contribution in [0.2, 0.25) is 0 Å².